The van der Waals surface area contributed by atoms with Gasteiger partial charge in [-0.3, -0.25) is 9.59 Å². The number of carbonyl (C=O) groups is 2. The van der Waals surface area contributed by atoms with E-state index >= 15 is 0 Å². The quantitative estimate of drug-likeness (QED) is 0.703. The number of hydrogen-bond acceptors (Lipinski definition) is 4. The molecular weight excluding hydrogens is 361 g/mol. The van der Waals surface area contributed by atoms with Crippen molar-refractivity contribution in [2.45, 2.75) is 19.3 Å². The second kappa shape index (κ2) is 6.92. The van der Waals surface area contributed by atoms with E-state index in [-0.39, 0.29) is 23.9 Å². The average Bonchev–Trinajstić information content (AvgIpc) is 3.03. The SMILES string of the molecule is COc1ccccc1C(=O)C1CC(=O)Nc2c1c(C)nn2-c1ccc(F)cc1. The summed E-state index contributed by atoms with van der Waals surface area (Å²) >= 11 is 0. The van der Waals surface area contributed by atoms with Crippen molar-refractivity contribution in [2.24, 2.45) is 0 Å². The summed E-state index contributed by atoms with van der Waals surface area (Å²) in [7, 11) is 1.50. The third-order valence-corrected chi connectivity index (χ3v) is 4.86. The molecular formula is C21H18FN3O3. The molecule has 1 aliphatic heterocycles. The van der Waals surface area contributed by atoms with Gasteiger partial charge in [-0.05, 0) is 43.3 Å². The highest BCUT2D eigenvalue weighted by Gasteiger charge is 2.37. The van der Waals surface area contributed by atoms with Crippen LogP contribution in [0.1, 0.15) is 34.0 Å². The molecule has 1 N–H and O–H groups in total. The van der Waals surface area contributed by atoms with Crippen molar-refractivity contribution in [3.8, 4) is 11.4 Å². The van der Waals surface area contributed by atoms with Gasteiger partial charge in [-0.15, -0.1) is 0 Å². The molecule has 4 rings (SSSR count). The summed E-state index contributed by atoms with van der Waals surface area (Å²) in [6.07, 6.45) is 0.0276. The number of rotatable bonds is 4. The number of amides is 1. The molecule has 6 nitrogen and oxygen atoms in total. The number of benzene rings is 2. The van der Waals surface area contributed by atoms with Crippen molar-refractivity contribution >= 4 is 17.5 Å². The van der Waals surface area contributed by atoms with E-state index in [0.717, 1.165) is 0 Å². The summed E-state index contributed by atoms with van der Waals surface area (Å²) < 4.78 is 20.1. The van der Waals surface area contributed by atoms with Gasteiger partial charge >= 0.3 is 0 Å². The molecule has 0 spiro atoms. The van der Waals surface area contributed by atoms with Gasteiger partial charge in [0.15, 0.2) is 5.78 Å². The summed E-state index contributed by atoms with van der Waals surface area (Å²) in [5.74, 6) is -0.611. The molecule has 1 aromatic heterocycles. The van der Waals surface area contributed by atoms with Gasteiger partial charge in [-0.1, -0.05) is 12.1 Å². The van der Waals surface area contributed by atoms with Gasteiger partial charge < -0.3 is 10.1 Å². The number of para-hydroxylation sites is 1. The molecule has 1 amide bonds. The minimum atomic E-state index is -0.672. The van der Waals surface area contributed by atoms with E-state index in [9.17, 15) is 14.0 Å². The largest absolute Gasteiger partial charge is 0.496 e. The molecule has 2 heterocycles. The zero-order valence-electron chi connectivity index (χ0n) is 15.4. The number of ketones is 1. The Morgan fingerprint density at radius 1 is 1.21 bits per heavy atom. The van der Waals surface area contributed by atoms with Crippen molar-refractivity contribution in [2.75, 3.05) is 12.4 Å². The molecule has 0 bridgehead atoms. The van der Waals surface area contributed by atoms with Crippen LogP contribution in [0.2, 0.25) is 0 Å². The minimum absolute atomic E-state index is 0.0276. The van der Waals surface area contributed by atoms with Crippen LogP contribution >= 0.6 is 0 Å². The highest BCUT2D eigenvalue weighted by Crippen LogP contribution is 2.39. The van der Waals surface area contributed by atoms with E-state index in [0.29, 0.717) is 34.1 Å². The number of Topliss-reactive ketones (excluding diaryl/α,β-unsaturated/α-hetero) is 1. The summed E-state index contributed by atoms with van der Waals surface area (Å²) in [4.78, 5) is 25.7. The summed E-state index contributed by atoms with van der Waals surface area (Å²) in [6, 6.07) is 12.7. The van der Waals surface area contributed by atoms with E-state index in [1.165, 1.54) is 23.9 Å². The van der Waals surface area contributed by atoms with Gasteiger partial charge in [0, 0.05) is 12.0 Å². The van der Waals surface area contributed by atoms with Gasteiger partial charge in [0.1, 0.15) is 17.4 Å². The first-order valence-electron chi connectivity index (χ1n) is 8.82. The molecule has 0 saturated heterocycles. The maximum atomic E-state index is 13.3. The topological polar surface area (TPSA) is 73.2 Å². The van der Waals surface area contributed by atoms with E-state index in [4.69, 9.17) is 4.74 Å². The minimum Gasteiger partial charge on any atom is -0.496 e. The number of carbonyl (C=O) groups excluding carboxylic acids is 2. The van der Waals surface area contributed by atoms with Crippen LogP contribution in [0.4, 0.5) is 10.2 Å². The molecule has 7 heteroatoms. The van der Waals surface area contributed by atoms with Crippen LogP contribution in [0, 0.1) is 12.7 Å². The number of methoxy groups -OCH3 is 1. The third-order valence-electron chi connectivity index (χ3n) is 4.86. The predicted molar refractivity (Wildman–Crippen MR) is 102 cm³/mol. The van der Waals surface area contributed by atoms with Gasteiger partial charge in [0.25, 0.3) is 0 Å². The van der Waals surface area contributed by atoms with Crippen LogP contribution in [-0.2, 0) is 4.79 Å². The Kier molecular flexibility index (Phi) is 4.43. The fourth-order valence-electron chi connectivity index (χ4n) is 3.58. The number of fused-ring (bicyclic) bond motifs is 1. The average molecular weight is 379 g/mol. The molecule has 1 atom stereocenters. The van der Waals surface area contributed by atoms with E-state index in [2.05, 4.69) is 10.4 Å². The molecule has 0 fully saturated rings. The summed E-state index contributed by atoms with van der Waals surface area (Å²) in [6.45, 7) is 1.79. The maximum absolute atomic E-state index is 13.3. The lowest BCUT2D eigenvalue weighted by molar-refractivity contribution is -0.116. The number of hydrogen-bond donors (Lipinski definition) is 1. The van der Waals surface area contributed by atoms with Crippen molar-refractivity contribution in [3.05, 3.63) is 71.2 Å². The highest BCUT2D eigenvalue weighted by atomic mass is 19.1. The first-order chi connectivity index (χ1) is 13.5. The molecule has 3 aromatic rings. The lowest BCUT2D eigenvalue weighted by Gasteiger charge is -2.23. The number of nitrogens with one attached hydrogen (secondary N) is 1. The van der Waals surface area contributed by atoms with E-state index < -0.39 is 5.92 Å². The zero-order chi connectivity index (χ0) is 19.8. The number of halogens is 1. The van der Waals surface area contributed by atoms with Gasteiger partial charge in [0.2, 0.25) is 5.91 Å². The lowest BCUT2D eigenvalue weighted by atomic mass is 9.85. The van der Waals surface area contributed by atoms with Crippen LogP contribution in [0.5, 0.6) is 5.75 Å². The number of aromatic nitrogens is 2. The lowest BCUT2D eigenvalue weighted by Crippen LogP contribution is -2.28. The second-order valence-electron chi connectivity index (χ2n) is 6.61. The van der Waals surface area contributed by atoms with Crippen LogP contribution < -0.4 is 10.1 Å². The Hall–Kier alpha value is -3.48. The molecule has 142 valence electrons. The van der Waals surface area contributed by atoms with Crippen LogP contribution in [0.25, 0.3) is 5.69 Å². The van der Waals surface area contributed by atoms with Crippen LogP contribution in [0.3, 0.4) is 0 Å². The Labute approximate surface area is 160 Å². The standard InChI is InChI=1S/C21H18FN3O3/c1-12-19-16(20(27)15-5-3-4-6-17(15)28-2)11-18(26)23-21(19)25(24-12)14-9-7-13(22)8-10-14/h3-10,16H,11H2,1-2H3,(H,23,26). The fraction of sp³-hybridized carbons (Fsp3) is 0.190. The first-order valence-corrected chi connectivity index (χ1v) is 8.82. The number of ether oxygens (including phenoxy) is 1. The van der Waals surface area contributed by atoms with Crippen LogP contribution in [-0.4, -0.2) is 28.6 Å². The van der Waals surface area contributed by atoms with Crippen LogP contribution in [0.15, 0.2) is 48.5 Å². The normalized spacial score (nSPS) is 15.7. The summed E-state index contributed by atoms with van der Waals surface area (Å²) in [5.41, 5.74) is 2.31. The van der Waals surface area contributed by atoms with Gasteiger partial charge in [0.05, 0.1) is 30.0 Å². The highest BCUT2D eigenvalue weighted by molar-refractivity contribution is 6.09. The number of nitrogens with zero attached hydrogens (tertiary/aromatic N) is 2. The predicted octanol–water partition coefficient (Wildman–Crippen LogP) is 3.64. The van der Waals surface area contributed by atoms with Gasteiger partial charge in [-0.2, -0.15) is 5.10 Å². The molecule has 1 aliphatic rings. The van der Waals surface area contributed by atoms with Crippen molar-refractivity contribution < 1.29 is 18.7 Å². The molecule has 2 aromatic carbocycles. The monoisotopic (exact) mass is 379 g/mol. The molecule has 1 unspecified atom stereocenters. The Balaban J connectivity index is 1.82. The Morgan fingerprint density at radius 2 is 1.93 bits per heavy atom. The van der Waals surface area contributed by atoms with E-state index in [1.54, 1.807) is 43.3 Å². The third kappa shape index (κ3) is 2.94. The van der Waals surface area contributed by atoms with E-state index in [1.807, 2.05) is 0 Å². The molecule has 0 radical (unpaired) electrons. The Morgan fingerprint density at radius 3 is 2.64 bits per heavy atom. The molecule has 28 heavy (non-hydrogen) atoms. The summed E-state index contributed by atoms with van der Waals surface area (Å²) in [5, 5.41) is 7.30. The molecule has 0 saturated carbocycles. The van der Waals surface area contributed by atoms with Crippen molar-refractivity contribution in [1.82, 2.24) is 9.78 Å². The Bertz CT molecular complexity index is 1070. The van der Waals surface area contributed by atoms with Crippen molar-refractivity contribution in [3.63, 3.8) is 0 Å². The van der Waals surface area contributed by atoms with Crippen molar-refractivity contribution in [1.29, 1.82) is 0 Å². The number of anilines is 1. The smallest absolute Gasteiger partial charge is 0.226 e. The van der Waals surface area contributed by atoms with Gasteiger partial charge in [-0.25, -0.2) is 9.07 Å². The molecule has 0 aliphatic carbocycles. The fourth-order valence-corrected chi connectivity index (χ4v) is 3.58. The maximum Gasteiger partial charge on any atom is 0.226 e. The second-order valence-corrected chi connectivity index (χ2v) is 6.61. The zero-order valence-corrected chi connectivity index (χ0v) is 15.4. The number of aryl methyl sites for hydroxylation is 1. The first kappa shape index (κ1) is 17.9.